The monoisotopic (exact) mass is 493 g/mol. The summed E-state index contributed by atoms with van der Waals surface area (Å²) < 4.78 is 26.1. The first kappa shape index (κ1) is 24.0. The number of aryl methyl sites for hydroxylation is 1. The molecule has 176 valence electrons. The molecule has 0 aliphatic rings. The summed E-state index contributed by atoms with van der Waals surface area (Å²) in [5, 5.41) is 0.603. The average Bonchev–Trinajstić information content (AvgIpc) is 3.26. The lowest BCUT2D eigenvalue weighted by Crippen LogP contribution is -2.31. The van der Waals surface area contributed by atoms with Gasteiger partial charge in [0.1, 0.15) is 0 Å². The van der Waals surface area contributed by atoms with E-state index in [4.69, 9.17) is 4.98 Å². The number of carbonyl (C=O) groups is 1. The van der Waals surface area contributed by atoms with Gasteiger partial charge in [0.05, 0.1) is 34.0 Å². The highest BCUT2D eigenvalue weighted by atomic mass is 32.2. The second kappa shape index (κ2) is 10.9. The molecule has 0 unspecified atom stereocenters. The first-order valence-electron chi connectivity index (χ1n) is 11.3. The van der Waals surface area contributed by atoms with Crippen molar-refractivity contribution in [2.45, 2.75) is 38.5 Å². The van der Waals surface area contributed by atoms with Crippen LogP contribution in [0.4, 0.5) is 5.13 Å². The molecule has 6 nitrogen and oxygen atoms in total. The van der Waals surface area contributed by atoms with E-state index in [0.717, 1.165) is 27.9 Å². The van der Waals surface area contributed by atoms with Crippen molar-refractivity contribution in [1.82, 2.24) is 9.97 Å². The molecule has 1 amide bonds. The maximum atomic E-state index is 13.3. The van der Waals surface area contributed by atoms with Crippen molar-refractivity contribution >= 4 is 42.4 Å². The van der Waals surface area contributed by atoms with Crippen LogP contribution in [0, 0.1) is 0 Å². The van der Waals surface area contributed by atoms with Crippen LogP contribution in [0.2, 0.25) is 0 Å². The summed E-state index contributed by atoms with van der Waals surface area (Å²) in [5.74, 6) is -0.211. The molecule has 0 spiro atoms. The largest absolute Gasteiger partial charge is 0.282 e. The molecule has 2 aromatic heterocycles. The van der Waals surface area contributed by atoms with E-state index < -0.39 is 9.84 Å². The van der Waals surface area contributed by atoms with Gasteiger partial charge in [0.15, 0.2) is 15.0 Å². The summed E-state index contributed by atoms with van der Waals surface area (Å²) in [6.07, 6.45) is 3.01. The lowest BCUT2D eigenvalue weighted by molar-refractivity contribution is -0.118. The summed E-state index contributed by atoms with van der Waals surface area (Å²) in [7, 11) is -3.30. The quantitative estimate of drug-likeness (QED) is 0.304. The highest BCUT2D eigenvalue weighted by molar-refractivity contribution is 7.90. The second-order valence-corrected chi connectivity index (χ2v) is 11.3. The van der Waals surface area contributed by atoms with Gasteiger partial charge in [-0.05, 0) is 48.2 Å². The zero-order valence-electron chi connectivity index (χ0n) is 19.1. The minimum Gasteiger partial charge on any atom is -0.282 e. The van der Waals surface area contributed by atoms with Crippen LogP contribution in [0.25, 0.3) is 10.2 Å². The molecule has 0 N–H and O–H groups in total. The molecule has 34 heavy (non-hydrogen) atoms. The van der Waals surface area contributed by atoms with E-state index >= 15 is 0 Å². The van der Waals surface area contributed by atoms with Crippen molar-refractivity contribution in [2.75, 3.05) is 10.7 Å². The van der Waals surface area contributed by atoms with Gasteiger partial charge in [-0.1, -0.05) is 60.7 Å². The van der Waals surface area contributed by atoms with Gasteiger partial charge in [0, 0.05) is 12.6 Å². The molecule has 0 saturated carbocycles. The number of sulfone groups is 1. The Morgan fingerprint density at radius 3 is 2.53 bits per heavy atom. The van der Waals surface area contributed by atoms with Crippen LogP contribution >= 0.6 is 11.3 Å². The van der Waals surface area contributed by atoms with Crippen molar-refractivity contribution in [2.24, 2.45) is 0 Å². The molecule has 0 saturated heterocycles. The van der Waals surface area contributed by atoms with Crippen molar-refractivity contribution in [3.63, 3.8) is 0 Å². The Hall–Kier alpha value is -3.10. The van der Waals surface area contributed by atoms with Crippen LogP contribution < -0.4 is 4.90 Å². The van der Waals surface area contributed by atoms with Gasteiger partial charge < -0.3 is 0 Å². The topological polar surface area (TPSA) is 80.2 Å². The number of pyridine rings is 1. The van der Waals surface area contributed by atoms with Crippen LogP contribution in [0.1, 0.15) is 36.6 Å². The number of fused-ring (bicyclic) bond motifs is 1. The van der Waals surface area contributed by atoms with Crippen molar-refractivity contribution in [3.05, 3.63) is 89.7 Å². The number of carbonyl (C=O) groups excluding carboxylic acids is 1. The number of nitrogens with zero attached hydrogens (tertiary/aromatic N) is 3. The van der Waals surface area contributed by atoms with Gasteiger partial charge >= 0.3 is 0 Å². The molecule has 0 radical (unpaired) electrons. The first-order valence-corrected chi connectivity index (χ1v) is 13.9. The third kappa shape index (κ3) is 6.27. The minimum absolute atomic E-state index is 0.0166. The number of hydrogen-bond acceptors (Lipinski definition) is 6. The summed E-state index contributed by atoms with van der Waals surface area (Å²) in [6, 6.07) is 20.8. The zero-order valence-corrected chi connectivity index (χ0v) is 20.7. The Morgan fingerprint density at radius 1 is 1.00 bits per heavy atom. The first-order chi connectivity index (χ1) is 16.4. The molecule has 0 aliphatic carbocycles. The number of aromatic nitrogens is 2. The van der Waals surface area contributed by atoms with E-state index in [0.29, 0.717) is 5.13 Å². The van der Waals surface area contributed by atoms with Gasteiger partial charge in [0.25, 0.3) is 0 Å². The van der Waals surface area contributed by atoms with E-state index in [1.54, 1.807) is 23.2 Å². The Labute approximate surface area is 204 Å². The Balaban J connectivity index is 1.49. The summed E-state index contributed by atoms with van der Waals surface area (Å²) in [4.78, 5) is 23.9. The van der Waals surface area contributed by atoms with Crippen LogP contribution in [0.3, 0.4) is 0 Å². The maximum Gasteiger partial charge on any atom is 0.229 e. The fourth-order valence-electron chi connectivity index (χ4n) is 3.69. The summed E-state index contributed by atoms with van der Waals surface area (Å²) in [5.41, 5.74) is 3.57. The van der Waals surface area contributed by atoms with Crippen molar-refractivity contribution in [1.29, 1.82) is 0 Å². The molecule has 8 heteroatoms. The van der Waals surface area contributed by atoms with Crippen molar-refractivity contribution < 1.29 is 13.2 Å². The standard InChI is InChI=1S/C26H27N3O3S2/c1-2-20-13-14-23-24(17-20)33-26(28-23)29(18-22-11-6-7-15-27-22)25(30)12-8-16-34(31,32)19-21-9-4-3-5-10-21/h3-7,9-11,13-15,17H,2,8,12,16,18-19H2,1H3. The predicted molar refractivity (Wildman–Crippen MR) is 138 cm³/mol. The van der Waals surface area contributed by atoms with Gasteiger partial charge in [-0.25, -0.2) is 13.4 Å². The number of amides is 1. The molecule has 4 aromatic rings. The van der Waals surface area contributed by atoms with Crippen LogP contribution in [0.5, 0.6) is 0 Å². The number of rotatable bonds is 10. The van der Waals surface area contributed by atoms with E-state index in [1.807, 2.05) is 48.5 Å². The van der Waals surface area contributed by atoms with Crippen LogP contribution in [-0.4, -0.2) is 30.0 Å². The fourth-order valence-corrected chi connectivity index (χ4v) is 6.16. The smallest absolute Gasteiger partial charge is 0.229 e. The van der Waals surface area contributed by atoms with Crippen LogP contribution in [0.15, 0.2) is 72.9 Å². The Kier molecular flexibility index (Phi) is 7.70. The molecule has 0 fully saturated rings. The Bertz CT molecular complexity index is 1350. The molecular formula is C26H27N3O3S2. The molecule has 0 aliphatic heterocycles. The number of thiazole rings is 1. The normalized spacial score (nSPS) is 11.6. The molecule has 4 rings (SSSR count). The highest BCUT2D eigenvalue weighted by Gasteiger charge is 2.22. The number of benzene rings is 2. The minimum atomic E-state index is -3.30. The lowest BCUT2D eigenvalue weighted by Gasteiger charge is -2.19. The molecule has 2 heterocycles. The highest BCUT2D eigenvalue weighted by Crippen LogP contribution is 2.31. The summed E-state index contributed by atoms with van der Waals surface area (Å²) >= 11 is 1.47. The van der Waals surface area contributed by atoms with Gasteiger partial charge in [0.2, 0.25) is 5.91 Å². The molecule has 0 atom stereocenters. The Morgan fingerprint density at radius 2 is 1.79 bits per heavy atom. The third-order valence-corrected chi connectivity index (χ3v) is 8.23. The lowest BCUT2D eigenvalue weighted by atomic mass is 10.2. The van der Waals surface area contributed by atoms with Crippen molar-refractivity contribution in [3.8, 4) is 0 Å². The van der Waals surface area contributed by atoms with E-state index in [2.05, 4.69) is 18.0 Å². The van der Waals surface area contributed by atoms with E-state index in [-0.39, 0.29) is 36.8 Å². The van der Waals surface area contributed by atoms with Gasteiger partial charge in [-0.2, -0.15) is 0 Å². The van der Waals surface area contributed by atoms with Crippen LogP contribution in [-0.2, 0) is 33.4 Å². The average molecular weight is 494 g/mol. The van der Waals surface area contributed by atoms with Gasteiger partial charge in [-0.3, -0.25) is 14.7 Å². The zero-order chi connectivity index (χ0) is 24.0. The fraction of sp³-hybridized carbons (Fsp3) is 0.269. The number of hydrogen-bond donors (Lipinski definition) is 0. The third-order valence-electron chi connectivity index (χ3n) is 5.50. The second-order valence-electron chi connectivity index (χ2n) is 8.13. The molecular weight excluding hydrogens is 466 g/mol. The molecule has 0 bridgehead atoms. The number of anilines is 1. The van der Waals surface area contributed by atoms with Gasteiger partial charge in [-0.15, -0.1) is 0 Å². The molecule has 2 aromatic carbocycles. The predicted octanol–water partition coefficient (Wildman–Crippen LogP) is 5.18. The SMILES string of the molecule is CCc1ccc2nc(N(Cc3ccccn3)C(=O)CCCS(=O)(=O)Cc3ccccc3)sc2c1. The van der Waals surface area contributed by atoms with E-state index in [9.17, 15) is 13.2 Å². The summed E-state index contributed by atoms with van der Waals surface area (Å²) in [6.45, 7) is 2.39. The maximum absolute atomic E-state index is 13.3. The van der Waals surface area contributed by atoms with E-state index in [1.165, 1.54) is 16.9 Å².